The molecule has 2 aromatic rings. The van der Waals surface area contributed by atoms with Gasteiger partial charge in [-0.15, -0.1) is 0 Å². The summed E-state index contributed by atoms with van der Waals surface area (Å²) in [6.07, 6.45) is 0. The standard InChI is InChI=1S/C18H20N4O2/c1-4-24-18-14(9-19)15(20)8-16(22-18)17(23)21-10-13-7-11(2)5-6-12(13)3/h5-8H,4,10H2,1-3H3,(H2,20,22)(H,21,23). The highest BCUT2D eigenvalue weighted by molar-refractivity contribution is 5.93. The van der Waals surface area contributed by atoms with Gasteiger partial charge >= 0.3 is 0 Å². The Morgan fingerprint density at radius 3 is 2.79 bits per heavy atom. The summed E-state index contributed by atoms with van der Waals surface area (Å²) in [7, 11) is 0. The molecular weight excluding hydrogens is 304 g/mol. The minimum absolute atomic E-state index is 0.0805. The van der Waals surface area contributed by atoms with Crippen LogP contribution in [0.3, 0.4) is 0 Å². The van der Waals surface area contributed by atoms with Gasteiger partial charge in [0.2, 0.25) is 5.88 Å². The second kappa shape index (κ2) is 7.47. The first-order valence-electron chi connectivity index (χ1n) is 7.64. The van der Waals surface area contributed by atoms with Gasteiger partial charge in [0.1, 0.15) is 17.3 Å². The third-order valence-corrected chi connectivity index (χ3v) is 3.59. The molecule has 0 aliphatic rings. The number of nitrogens with one attached hydrogen (secondary N) is 1. The number of aryl methyl sites for hydroxylation is 2. The lowest BCUT2D eigenvalue weighted by molar-refractivity contribution is 0.0944. The van der Waals surface area contributed by atoms with Crippen molar-refractivity contribution in [2.75, 3.05) is 12.3 Å². The SMILES string of the molecule is CCOc1nc(C(=O)NCc2cc(C)ccc2C)cc(N)c1C#N. The molecule has 2 rings (SSSR count). The lowest BCUT2D eigenvalue weighted by Gasteiger charge is -2.11. The average Bonchev–Trinajstić information content (AvgIpc) is 2.55. The van der Waals surface area contributed by atoms with Gasteiger partial charge in [0.05, 0.1) is 12.3 Å². The highest BCUT2D eigenvalue weighted by atomic mass is 16.5. The third kappa shape index (κ3) is 3.82. The molecule has 1 heterocycles. The summed E-state index contributed by atoms with van der Waals surface area (Å²) in [4.78, 5) is 16.5. The van der Waals surface area contributed by atoms with Crippen LogP contribution in [-0.2, 0) is 6.54 Å². The van der Waals surface area contributed by atoms with Gasteiger partial charge in [0.15, 0.2) is 0 Å². The lowest BCUT2D eigenvalue weighted by Crippen LogP contribution is -2.25. The number of nitrogens with two attached hydrogens (primary N) is 1. The van der Waals surface area contributed by atoms with E-state index in [0.717, 1.165) is 16.7 Å². The van der Waals surface area contributed by atoms with Crippen LogP contribution in [0.5, 0.6) is 5.88 Å². The maximum atomic E-state index is 12.4. The van der Waals surface area contributed by atoms with Crippen LogP contribution in [0.4, 0.5) is 5.69 Å². The normalized spacial score (nSPS) is 10.1. The van der Waals surface area contributed by atoms with E-state index < -0.39 is 0 Å². The van der Waals surface area contributed by atoms with Crippen molar-refractivity contribution in [3.63, 3.8) is 0 Å². The molecule has 0 aliphatic carbocycles. The van der Waals surface area contributed by atoms with Gasteiger partial charge in [-0.3, -0.25) is 4.79 Å². The topological polar surface area (TPSA) is 101 Å². The van der Waals surface area contributed by atoms with Gasteiger partial charge in [-0.1, -0.05) is 23.8 Å². The van der Waals surface area contributed by atoms with Crippen LogP contribution in [0.25, 0.3) is 0 Å². The number of nitrogen functional groups attached to an aromatic ring is 1. The van der Waals surface area contributed by atoms with E-state index in [1.807, 2.05) is 38.1 Å². The predicted molar refractivity (Wildman–Crippen MR) is 91.6 cm³/mol. The fourth-order valence-electron chi connectivity index (χ4n) is 2.27. The van der Waals surface area contributed by atoms with E-state index >= 15 is 0 Å². The molecular formula is C18H20N4O2. The monoisotopic (exact) mass is 324 g/mol. The maximum absolute atomic E-state index is 12.4. The van der Waals surface area contributed by atoms with Gasteiger partial charge in [-0.25, -0.2) is 4.98 Å². The van der Waals surface area contributed by atoms with Crippen molar-refractivity contribution in [1.29, 1.82) is 5.26 Å². The minimum Gasteiger partial charge on any atom is -0.477 e. The van der Waals surface area contributed by atoms with Crippen molar-refractivity contribution in [3.05, 3.63) is 52.2 Å². The molecule has 3 N–H and O–H groups in total. The second-order valence-electron chi connectivity index (χ2n) is 5.43. The van der Waals surface area contributed by atoms with Crippen LogP contribution in [0.2, 0.25) is 0 Å². The second-order valence-corrected chi connectivity index (χ2v) is 5.43. The number of carbonyl (C=O) groups is 1. The summed E-state index contributed by atoms with van der Waals surface area (Å²) < 4.78 is 5.30. The zero-order valence-electron chi connectivity index (χ0n) is 14.0. The van der Waals surface area contributed by atoms with Crippen molar-refractivity contribution in [3.8, 4) is 11.9 Å². The first kappa shape index (κ1) is 17.3. The number of ether oxygens (including phenoxy) is 1. The Morgan fingerprint density at radius 2 is 2.12 bits per heavy atom. The molecule has 0 bridgehead atoms. The Bertz CT molecular complexity index is 809. The van der Waals surface area contributed by atoms with Gasteiger partial charge in [0.25, 0.3) is 5.91 Å². The summed E-state index contributed by atoms with van der Waals surface area (Å²) in [6, 6.07) is 9.40. The quantitative estimate of drug-likeness (QED) is 0.880. The maximum Gasteiger partial charge on any atom is 0.270 e. The molecule has 1 aromatic carbocycles. The number of rotatable bonds is 5. The van der Waals surface area contributed by atoms with Crippen molar-refractivity contribution in [2.45, 2.75) is 27.3 Å². The number of carbonyl (C=O) groups excluding carboxylic acids is 1. The fraction of sp³-hybridized carbons (Fsp3) is 0.278. The molecule has 24 heavy (non-hydrogen) atoms. The Labute approximate surface area is 141 Å². The highest BCUT2D eigenvalue weighted by Crippen LogP contribution is 2.22. The number of amides is 1. The van der Waals surface area contributed by atoms with E-state index in [1.54, 1.807) is 6.92 Å². The van der Waals surface area contributed by atoms with Gasteiger partial charge < -0.3 is 15.8 Å². The van der Waals surface area contributed by atoms with Crippen LogP contribution in [0, 0.1) is 25.2 Å². The molecule has 0 unspecified atom stereocenters. The molecule has 6 heteroatoms. The minimum atomic E-state index is -0.368. The van der Waals surface area contributed by atoms with Crippen LogP contribution >= 0.6 is 0 Å². The molecule has 0 saturated heterocycles. The number of aromatic nitrogens is 1. The van der Waals surface area contributed by atoms with E-state index in [9.17, 15) is 4.79 Å². The van der Waals surface area contributed by atoms with E-state index in [4.69, 9.17) is 15.7 Å². The summed E-state index contributed by atoms with van der Waals surface area (Å²) in [6.45, 7) is 6.48. The van der Waals surface area contributed by atoms with Crippen molar-refractivity contribution in [2.24, 2.45) is 0 Å². The molecule has 1 aromatic heterocycles. The van der Waals surface area contributed by atoms with Crippen LogP contribution < -0.4 is 15.8 Å². The van der Waals surface area contributed by atoms with Crippen LogP contribution in [0.15, 0.2) is 24.3 Å². The number of nitrogens with zero attached hydrogens (tertiary/aromatic N) is 2. The zero-order valence-corrected chi connectivity index (χ0v) is 14.0. The summed E-state index contributed by atoms with van der Waals surface area (Å²) in [5, 5.41) is 11.9. The van der Waals surface area contributed by atoms with Gasteiger partial charge in [0, 0.05) is 6.54 Å². The highest BCUT2D eigenvalue weighted by Gasteiger charge is 2.16. The Kier molecular flexibility index (Phi) is 5.38. The molecule has 0 atom stereocenters. The third-order valence-electron chi connectivity index (χ3n) is 3.59. The molecule has 124 valence electrons. The number of anilines is 1. The number of hydrogen-bond donors (Lipinski definition) is 2. The van der Waals surface area contributed by atoms with Crippen molar-refractivity contribution in [1.82, 2.24) is 10.3 Å². The van der Waals surface area contributed by atoms with Crippen LogP contribution in [-0.4, -0.2) is 17.5 Å². The number of benzene rings is 1. The van der Waals surface area contributed by atoms with Gasteiger partial charge in [-0.2, -0.15) is 5.26 Å². The Morgan fingerprint density at radius 1 is 1.38 bits per heavy atom. The lowest BCUT2D eigenvalue weighted by atomic mass is 10.1. The summed E-state index contributed by atoms with van der Waals surface area (Å²) >= 11 is 0. The smallest absolute Gasteiger partial charge is 0.270 e. The molecule has 0 saturated carbocycles. The largest absolute Gasteiger partial charge is 0.477 e. The molecule has 0 aliphatic heterocycles. The van der Waals surface area contributed by atoms with E-state index in [1.165, 1.54) is 6.07 Å². The summed E-state index contributed by atoms with van der Waals surface area (Å²) in [5.41, 5.74) is 9.54. The first-order valence-corrected chi connectivity index (χ1v) is 7.64. The molecule has 1 amide bonds. The zero-order chi connectivity index (χ0) is 17.7. The van der Waals surface area contributed by atoms with E-state index in [-0.39, 0.29) is 28.7 Å². The number of nitriles is 1. The van der Waals surface area contributed by atoms with Crippen LogP contribution in [0.1, 0.15) is 39.7 Å². The van der Waals surface area contributed by atoms with E-state index in [2.05, 4.69) is 10.3 Å². The van der Waals surface area contributed by atoms with Crippen molar-refractivity contribution >= 4 is 11.6 Å². The molecule has 0 spiro atoms. The predicted octanol–water partition coefficient (Wildman–Crippen LogP) is 2.48. The van der Waals surface area contributed by atoms with Crippen molar-refractivity contribution < 1.29 is 9.53 Å². The molecule has 0 fully saturated rings. The fourth-order valence-corrected chi connectivity index (χ4v) is 2.27. The molecule has 6 nitrogen and oxygen atoms in total. The summed E-state index contributed by atoms with van der Waals surface area (Å²) in [5.74, 6) is -0.287. The Hall–Kier alpha value is -3.07. The molecule has 0 radical (unpaired) electrons. The average molecular weight is 324 g/mol. The number of hydrogen-bond acceptors (Lipinski definition) is 5. The van der Waals surface area contributed by atoms with Gasteiger partial charge in [-0.05, 0) is 38.0 Å². The Balaban J connectivity index is 2.21. The number of pyridine rings is 1. The van der Waals surface area contributed by atoms with E-state index in [0.29, 0.717) is 13.2 Å². The first-order chi connectivity index (χ1) is 11.5.